The first-order valence-corrected chi connectivity index (χ1v) is 7.18. The number of carbonyl (C=O) groups excluding carboxylic acids is 3. The van der Waals surface area contributed by atoms with Gasteiger partial charge in [0.15, 0.2) is 5.67 Å². The van der Waals surface area contributed by atoms with Crippen molar-refractivity contribution in [2.45, 2.75) is 52.1 Å². The highest BCUT2D eigenvalue weighted by Gasteiger charge is 2.40. The predicted molar refractivity (Wildman–Crippen MR) is 74.3 cm³/mol. The molecule has 0 aliphatic rings. The maximum Gasteiger partial charge on any atom is 0.325 e. The van der Waals surface area contributed by atoms with Gasteiger partial charge in [-0.2, -0.15) is 0 Å². The van der Waals surface area contributed by atoms with Gasteiger partial charge in [-0.25, -0.2) is 4.39 Å². The molecular weight excluding hydrogens is 281 g/mol. The SMILES string of the molecule is CCCC[C@@](F)(CC(=O)OCC)C(=O)NCC(=O)OCC. The molecular formula is C14H24FNO5. The van der Waals surface area contributed by atoms with E-state index in [9.17, 15) is 18.8 Å². The van der Waals surface area contributed by atoms with E-state index in [1.165, 1.54) is 0 Å². The number of unbranched alkanes of at least 4 members (excludes halogenated alkanes) is 1. The number of nitrogens with one attached hydrogen (secondary N) is 1. The quantitative estimate of drug-likeness (QED) is 0.619. The molecule has 0 saturated heterocycles. The standard InChI is InChI=1S/C14H24FNO5/c1-4-7-8-14(15,9-11(17)20-5-2)13(19)16-10-12(18)21-6-3/h4-10H2,1-3H3,(H,16,19)/t14-/m1/s1. The van der Waals surface area contributed by atoms with Gasteiger partial charge >= 0.3 is 11.9 Å². The second kappa shape index (κ2) is 10.1. The molecule has 0 aromatic rings. The van der Waals surface area contributed by atoms with Crippen LogP contribution in [-0.4, -0.2) is 43.3 Å². The number of esters is 2. The number of amides is 1. The number of ether oxygens (including phenoxy) is 2. The fourth-order valence-electron chi connectivity index (χ4n) is 1.70. The van der Waals surface area contributed by atoms with Crippen molar-refractivity contribution in [3.05, 3.63) is 0 Å². The van der Waals surface area contributed by atoms with Crippen LogP contribution < -0.4 is 5.32 Å². The van der Waals surface area contributed by atoms with Crippen molar-refractivity contribution in [1.29, 1.82) is 0 Å². The average Bonchev–Trinajstić information content (AvgIpc) is 2.43. The maximum atomic E-state index is 14.7. The molecule has 6 nitrogen and oxygen atoms in total. The van der Waals surface area contributed by atoms with Crippen LogP contribution in [0.3, 0.4) is 0 Å². The Morgan fingerprint density at radius 2 is 1.62 bits per heavy atom. The minimum absolute atomic E-state index is 0.100. The van der Waals surface area contributed by atoms with E-state index in [1.807, 2.05) is 6.92 Å². The van der Waals surface area contributed by atoms with Crippen molar-refractivity contribution in [3.8, 4) is 0 Å². The lowest BCUT2D eigenvalue weighted by atomic mass is 9.94. The van der Waals surface area contributed by atoms with Crippen LogP contribution in [0.2, 0.25) is 0 Å². The highest BCUT2D eigenvalue weighted by Crippen LogP contribution is 2.25. The lowest BCUT2D eigenvalue weighted by molar-refractivity contribution is -0.152. The fraction of sp³-hybridized carbons (Fsp3) is 0.786. The van der Waals surface area contributed by atoms with Gasteiger partial charge in [0, 0.05) is 0 Å². The molecule has 0 aromatic carbocycles. The number of carbonyl (C=O) groups is 3. The molecule has 1 N–H and O–H groups in total. The van der Waals surface area contributed by atoms with Crippen molar-refractivity contribution in [2.24, 2.45) is 0 Å². The van der Waals surface area contributed by atoms with Crippen molar-refractivity contribution in [2.75, 3.05) is 19.8 Å². The molecule has 0 fully saturated rings. The molecule has 0 bridgehead atoms. The van der Waals surface area contributed by atoms with Crippen LogP contribution in [0.15, 0.2) is 0 Å². The largest absolute Gasteiger partial charge is 0.466 e. The van der Waals surface area contributed by atoms with Gasteiger partial charge in [-0.05, 0) is 26.7 Å². The molecule has 0 aliphatic carbocycles. The Labute approximate surface area is 124 Å². The third-order valence-corrected chi connectivity index (χ3v) is 2.76. The molecule has 1 amide bonds. The third kappa shape index (κ3) is 7.63. The van der Waals surface area contributed by atoms with Crippen LogP contribution in [0.1, 0.15) is 46.5 Å². The van der Waals surface area contributed by atoms with Crippen LogP contribution in [0.4, 0.5) is 4.39 Å². The molecule has 0 radical (unpaired) electrons. The molecule has 122 valence electrons. The van der Waals surface area contributed by atoms with E-state index in [-0.39, 0.29) is 19.6 Å². The summed E-state index contributed by atoms with van der Waals surface area (Å²) in [5.74, 6) is -2.42. The summed E-state index contributed by atoms with van der Waals surface area (Å²) in [7, 11) is 0. The Hall–Kier alpha value is -1.66. The summed E-state index contributed by atoms with van der Waals surface area (Å²) < 4.78 is 24.0. The molecule has 0 aliphatic heterocycles. The lowest BCUT2D eigenvalue weighted by Gasteiger charge is -2.23. The molecule has 7 heteroatoms. The molecule has 1 atom stereocenters. The predicted octanol–water partition coefficient (Wildman–Crippen LogP) is 1.52. The van der Waals surface area contributed by atoms with E-state index in [4.69, 9.17) is 0 Å². The van der Waals surface area contributed by atoms with Crippen LogP contribution in [0.25, 0.3) is 0 Å². The Morgan fingerprint density at radius 3 is 2.14 bits per heavy atom. The lowest BCUT2D eigenvalue weighted by Crippen LogP contribution is -2.47. The number of halogens is 1. The van der Waals surface area contributed by atoms with Crippen molar-refractivity contribution in [1.82, 2.24) is 5.32 Å². The first kappa shape index (κ1) is 19.3. The van der Waals surface area contributed by atoms with Gasteiger partial charge in [-0.1, -0.05) is 13.3 Å². The van der Waals surface area contributed by atoms with Crippen LogP contribution >= 0.6 is 0 Å². The van der Waals surface area contributed by atoms with E-state index >= 15 is 0 Å². The minimum atomic E-state index is -2.37. The zero-order valence-corrected chi connectivity index (χ0v) is 12.9. The first-order chi connectivity index (χ1) is 9.89. The topological polar surface area (TPSA) is 81.7 Å². The van der Waals surface area contributed by atoms with Crippen LogP contribution in [0.5, 0.6) is 0 Å². The molecule has 0 saturated carbocycles. The van der Waals surface area contributed by atoms with Crippen molar-refractivity contribution in [3.63, 3.8) is 0 Å². The van der Waals surface area contributed by atoms with Gasteiger partial charge in [0.1, 0.15) is 6.54 Å². The van der Waals surface area contributed by atoms with Gasteiger partial charge in [-0.15, -0.1) is 0 Å². The summed E-state index contributed by atoms with van der Waals surface area (Å²) in [6.07, 6.45) is 0.370. The van der Waals surface area contributed by atoms with Gasteiger partial charge in [-0.3, -0.25) is 14.4 Å². The second-order valence-corrected chi connectivity index (χ2v) is 4.54. The zero-order valence-electron chi connectivity index (χ0n) is 12.9. The summed E-state index contributed by atoms with van der Waals surface area (Å²) in [4.78, 5) is 34.5. The summed E-state index contributed by atoms with van der Waals surface area (Å²) in [6.45, 7) is 4.95. The van der Waals surface area contributed by atoms with Gasteiger partial charge < -0.3 is 14.8 Å². The molecule has 21 heavy (non-hydrogen) atoms. The Kier molecular flexibility index (Phi) is 9.32. The number of rotatable bonds is 10. The Morgan fingerprint density at radius 1 is 1.05 bits per heavy atom. The number of hydrogen-bond donors (Lipinski definition) is 1. The van der Waals surface area contributed by atoms with Gasteiger partial charge in [0.2, 0.25) is 0 Å². The third-order valence-electron chi connectivity index (χ3n) is 2.76. The van der Waals surface area contributed by atoms with Crippen molar-refractivity contribution >= 4 is 17.8 Å². The molecule has 0 unspecified atom stereocenters. The van der Waals surface area contributed by atoms with Gasteiger partial charge in [0.25, 0.3) is 5.91 Å². The maximum absolute atomic E-state index is 14.7. The second-order valence-electron chi connectivity index (χ2n) is 4.54. The van der Waals surface area contributed by atoms with E-state index in [1.54, 1.807) is 13.8 Å². The van der Waals surface area contributed by atoms with E-state index in [0.29, 0.717) is 12.8 Å². The van der Waals surface area contributed by atoms with E-state index in [2.05, 4.69) is 14.8 Å². The summed E-state index contributed by atoms with van der Waals surface area (Å²) in [6, 6.07) is 0. The first-order valence-electron chi connectivity index (χ1n) is 7.18. The fourth-order valence-corrected chi connectivity index (χ4v) is 1.70. The zero-order chi connectivity index (χ0) is 16.3. The molecule has 0 rings (SSSR count). The Bertz CT molecular complexity index is 361. The van der Waals surface area contributed by atoms with Crippen LogP contribution in [0, 0.1) is 0 Å². The van der Waals surface area contributed by atoms with E-state index in [0.717, 1.165) is 0 Å². The Balaban J connectivity index is 4.66. The molecule has 0 aromatic heterocycles. The summed E-state index contributed by atoms with van der Waals surface area (Å²) in [5.41, 5.74) is -2.37. The highest BCUT2D eigenvalue weighted by molar-refractivity contribution is 5.91. The van der Waals surface area contributed by atoms with Crippen molar-refractivity contribution < 1.29 is 28.2 Å². The normalized spacial score (nSPS) is 13.1. The molecule has 0 heterocycles. The minimum Gasteiger partial charge on any atom is -0.466 e. The van der Waals surface area contributed by atoms with Gasteiger partial charge in [0.05, 0.1) is 19.6 Å². The number of alkyl halides is 1. The van der Waals surface area contributed by atoms with E-state index < -0.39 is 36.5 Å². The monoisotopic (exact) mass is 305 g/mol. The smallest absolute Gasteiger partial charge is 0.325 e. The average molecular weight is 305 g/mol. The highest BCUT2D eigenvalue weighted by atomic mass is 19.1. The number of hydrogen-bond acceptors (Lipinski definition) is 5. The molecule has 0 spiro atoms. The summed E-state index contributed by atoms with van der Waals surface area (Å²) in [5, 5.41) is 2.17. The van der Waals surface area contributed by atoms with Crippen LogP contribution in [-0.2, 0) is 23.9 Å². The summed E-state index contributed by atoms with van der Waals surface area (Å²) >= 11 is 0.